The van der Waals surface area contributed by atoms with Crippen molar-refractivity contribution < 1.29 is 228 Å². The molecule has 9 fully saturated rings. The van der Waals surface area contributed by atoms with Crippen LogP contribution in [0, 0.1) is 0 Å². The maximum absolute atomic E-state index is 12.9. The van der Waals surface area contributed by atoms with E-state index in [0.717, 1.165) is 13.8 Å². The van der Waals surface area contributed by atoms with Crippen LogP contribution in [0.5, 0.6) is 0 Å². The molecular weight excluding hydrogens is 1460 g/mol. The number of nitrogens with one attached hydrogen (secondary N) is 2. The highest BCUT2D eigenvalue weighted by Crippen LogP contribution is 2.39. The third-order valence-electron chi connectivity index (χ3n) is 19.5. The molecule has 0 spiro atoms. The summed E-state index contributed by atoms with van der Waals surface area (Å²) in [6.45, 7) is -7.77. The summed E-state index contributed by atoms with van der Waals surface area (Å²) < 4.78 is 98.8. The van der Waals surface area contributed by atoms with Crippen molar-refractivity contribution in [2.45, 2.75) is 290 Å². The Morgan fingerprint density at radius 3 is 0.934 bits per heavy atom. The molecule has 9 saturated heterocycles. The van der Waals surface area contributed by atoms with Crippen molar-refractivity contribution in [1.82, 2.24) is 10.6 Å². The highest BCUT2D eigenvalue weighted by Gasteiger charge is 2.60. The van der Waals surface area contributed by atoms with E-state index in [1.54, 1.807) is 0 Å². The summed E-state index contributed by atoms with van der Waals surface area (Å²) in [5, 5.41) is 301. The second kappa shape index (κ2) is 37.9. The van der Waals surface area contributed by atoms with Crippen molar-refractivity contribution in [3.05, 3.63) is 0 Å². The van der Waals surface area contributed by atoms with Gasteiger partial charge in [0.1, 0.15) is 220 Å². The highest BCUT2D eigenvalue weighted by atomic mass is 16.8. The van der Waals surface area contributed by atoms with Gasteiger partial charge in [0, 0.05) is 13.8 Å². The molecule has 0 aliphatic carbocycles. The number of amides is 2. The van der Waals surface area contributed by atoms with Crippen molar-refractivity contribution >= 4 is 11.8 Å². The van der Waals surface area contributed by atoms with Gasteiger partial charge >= 0.3 is 0 Å². The number of rotatable bonds is 27. The minimum atomic E-state index is -2.50. The zero-order valence-electron chi connectivity index (χ0n) is 56.2. The first-order valence-electron chi connectivity index (χ1n) is 33.7. The maximum Gasteiger partial charge on any atom is 0.217 e. The molecule has 616 valence electrons. The van der Waals surface area contributed by atoms with Gasteiger partial charge in [-0.05, 0) is 0 Å². The first-order chi connectivity index (χ1) is 50.2. The fourth-order valence-electron chi connectivity index (χ4n) is 13.5. The van der Waals surface area contributed by atoms with Gasteiger partial charge in [-0.15, -0.1) is 0 Å². The summed E-state index contributed by atoms with van der Waals surface area (Å²) in [6, 6.07) is -3.51. The zero-order chi connectivity index (χ0) is 77.9. The SMILES string of the molecule is CC(=O)N[C@@H]1[C@@H](O)[C@H](O[C@@H]2O[C@H](CO)[C@@H](O[C@@H]3O[C@H](CO[C@H]4O[C@H](CO[C@H]5O[C@H](CO)[C@@H](O)[C@H](O)[C@@H]5O[C@H]5O[C@H](CO)[C@@H](O)[C@H](O)[C@@H]5O)[C@@H](O)[C@H](O[C@H]5O[C@H](CO)[C@@H](O)[C@H](O)[C@@H]5O[C@H]5O[C@H](CO)[C@@H](O)[C@H](O)[C@@H]5O)[C@@H]4O)[C@@H](O)[C@H](O[C@H]4O[C@H](CO)[C@@H](O)[C@H](O)[C@@H]4O)[C@@H]3O)[C@H](O)[C@H]2NC(C)=O)[C@@H](CO)O[C@H]1O. The van der Waals surface area contributed by atoms with E-state index in [0.29, 0.717) is 0 Å². The van der Waals surface area contributed by atoms with Crippen LogP contribution in [0.4, 0.5) is 0 Å². The number of hydrogen-bond acceptors (Lipinski definition) is 46. The van der Waals surface area contributed by atoms with E-state index in [4.69, 9.17) is 80.5 Å². The largest absolute Gasteiger partial charge is 0.394 e. The Kier molecular flexibility index (Phi) is 31.1. The van der Waals surface area contributed by atoms with Gasteiger partial charge in [-0.2, -0.15) is 0 Å². The summed E-state index contributed by atoms with van der Waals surface area (Å²) in [5.41, 5.74) is 0. The zero-order valence-corrected chi connectivity index (χ0v) is 56.2. The van der Waals surface area contributed by atoms with E-state index < -0.39 is 348 Å². The van der Waals surface area contributed by atoms with Crippen LogP contribution in [0.3, 0.4) is 0 Å². The molecule has 0 aromatic heterocycles. The number of hydrogen-bond donors (Lipinski definition) is 29. The monoisotopic (exact) mass is 1560 g/mol. The minimum absolute atomic E-state index is 0.774. The quantitative estimate of drug-likeness (QED) is 0.0363. The molecule has 0 saturated carbocycles. The number of carbonyl (C=O) groups is 2. The van der Waals surface area contributed by atoms with E-state index in [1.165, 1.54) is 0 Å². The van der Waals surface area contributed by atoms with E-state index >= 15 is 0 Å². The van der Waals surface area contributed by atoms with Crippen molar-refractivity contribution in [3.63, 3.8) is 0 Å². The van der Waals surface area contributed by atoms with E-state index in [2.05, 4.69) is 10.6 Å². The van der Waals surface area contributed by atoms with E-state index in [-0.39, 0.29) is 0 Å². The molecule has 9 heterocycles. The first kappa shape index (κ1) is 87.2. The lowest BCUT2D eigenvalue weighted by Crippen LogP contribution is -2.70. The van der Waals surface area contributed by atoms with E-state index in [9.17, 15) is 147 Å². The summed E-state index contributed by atoms with van der Waals surface area (Å²) in [4.78, 5) is 24.9. The molecule has 9 rings (SSSR count). The van der Waals surface area contributed by atoms with Crippen LogP contribution in [0.25, 0.3) is 0 Å². The molecule has 29 N–H and O–H groups in total. The Bertz CT molecular complexity index is 2710. The second-order valence-corrected chi connectivity index (χ2v) is 26.7. The normalized spacial score (nSPS) is 51.2. The number of carbonyl (C=O) groups excluding carboxylic acids is 2. The average Bonchev–Trinajstić information content (AvgIpc) is 0.769. The number of aliphatic hydroxyl groups excluding tert-OH is 27. The average molecular weight is 1560 g/mol. The number of ether oxygens (including phenoxy) is 17. The smallest absolute Gasteiger partial charge is 0.217 e. The molecule has 0 unspecified atom stereocenters. The van der Waals surface area contributed by atoms with Gasteiger partial charge in [-0.3, -0.25) is 9.59 Å². The lowest BCUT2D eigenvalue weighted by Gasteiger charge is -2.50. The predicted octanol–water partition coefficient (Wildman–Crippen LogP) is -20.3. The fraction of sp³-hybridized carbons (Fsp3) is 0.966. The van der Waals surface area contributed by atoms with Crippen molar-refractivity contribution in [3.8, 4) is 0 Å². The summed E-state index contributed by atoms with van der Waals surface area (Å²) >= 11 is 0. The molecule has 48 heteroatoms. The highest BCUT2D eigenvalue weighted by molar-refractivity contribution is 5.73. The van der Waals surface area contributed by atoms with Gasteiger partial charge in [0.2, 0.25) is 11.8 Å². The van der Waals surface area contributed by atoms with Crippen LogP contribution in [-0.2, 0) is 90.1 Å². The van der Waals surface area contributed by atoms with Gasteiger partial charge in [-0.1, -0.05) is 0 Å². The third kappa shape index (κ3) is 18.7. The summed E-state index contributed by atoms with van der Waals surface area (Å²) in [6.07, 6.45) is -90.3. The van der Waals surface area contributed by atoms with Crippen LogP contribution in [0.15, 0.2) is 0 Å². The van der Waals surface area contributed by atoms with Gasteiger partial charge in [-0.25, -0.2) is 0 Å². The van der Waals surface area contributed by atoms with Crippen LogP contribution in [-0.4, -0.2) is 485 Å². The lowest BCUT2D eigenvalue weighted by atomic mass is 9.94. The second-order valence-electron chi connectivity index (χ2n) is 26.7. The van der Waals surface area contributed by atoms with Crippen molar-refractivity contribution in [2.75, 3.05) is 59.5 Å². The van der Waals surface area contributed by atoms with Crippen molar-refractivity contribution in [2.24, 2.45) is 0 Å². The molecule has 9 aliphatic rings. The molecule has 0 aromatic rings. The molecular formula is C58H98N2O46. The minimum Gasteiger partial charge on any atom is -0.394 e. The first-order valence-corrected chi connectivity index (χ1v) is 33.7. The molecule has 9 aliphatic heterocycles. The predicted molar refractivity (Wildman–Crippen MR) is 320 cm³/mol. The Labute approximate surface area is 598 Å². The topological polar surface area (TPSA) is 761 Å². The van der Waals surface area contributed by atoms with Gasteiger partial charge in [0.15, 0.2) is 56.6 Å². The van der Waals surface area contributed by atoms with Gasteiger partial charge in [0.05, 0.1) is 59.5 Å². The molecule has 2 amide bonds. The Morgan fingerprint density at radius 1 is 0.245 bits per heavy atom. The fourth-order valence-corrected chi connectivity index (χ4v) is 13.5. The molecule has 0 aromatic carbocycles. The van der Waals surface area contributed by atoms with Crippen LogP contribution >= 0.6 is 0 Å². The molecule has 0 bridgehead atoms. The molecule has 106 heavy (non-hydrogen) atoms. The van der Waals surface area contributed by atoms with Crippen LogP contribution < -0.4 is 10.6 Å². The van der Waals surface area contributed by atoms with Crippen LogP contribution in [0.1, 0.15) is 13.8 Å². The van der Waals surface area contributed by atoms with Crippen LogP contribution in [0.2, 0.25) is 0 Å². The Morgan fingerprint density at radius 2 is 0.519 bits per heavy atom. The van der Waals surface area contributed by atoms with E-state index in [1.807, 2.05) is 0 Å². The van der Waals surface area contributed by atoms with Gasteiger partial charge < -0.3 is 229 Å². The van der Waals surface area contributed by atoms with Gasteiger partial charge in [0.25, 0.3) is 0 Å². The molecule has 45 atom stereocenters. The van der Waals surface area contributed by atoms with Crippen molar-refractivity contribution in [1.29, 1.82) is 0 Å². The maximum atomic E-state index is 12.9. The lowest BCUT2D eigenvalue weighted by molar-refractivity contribution is -0.397. The number of aliphatic hydroxyl groups is 27. The summed E-state index contributed by atoms with van der Waals surface area (Å²) in [7, 11) is 0. The third-order valence-corrected chi connectivity index (χ3v) is 19.5. The Balaban J connectivity index is 1.04. The standard InChI is InChI=1S/C58H98N2O46/c1-12(68)59-23-32(77)44(19(8-66)92-50(23)89)101-51-24(60-13(2)69)33(78)45(20(9-67)98-51)102-56-43(88)47(103-53-39(84)34(79)25(70)14(3-61)93-53)31(76)22(100-56)10-90-52-42(87)46(104-58-49(38(83)29(74)18(7-65)97-58)106-55-41(86)36(81)27(72)16(5-63)95-55)30(75)21(99-52)11-91-57-48(37(82)28(73)17(6-64)96-57)105-54-40(85)35(80)26(71)15(4-62)94-54/h14-58,61-67,70-89H,3-11H2,1-2H3,(H,59,68)(H,60,69)/t14-,15-,16-,17-,18-,19-,20-,21-,22-,23-,24-,25-,26-,27-,28-,29-,30-,31-,32-,33-,34+,35+,36+,37+,38+,39+,40+,41+,42+,43+,44-,45-,46+,47+,48+,49+,50-,51+,52+,53-,54-,55-,56+,57+,58-/m1/s1. The molecule has 0 radical (unpaired) electrons. The summed E-state index contributed by atoms with van der Waals surface area (Å²) in [5.74, 6) is -1.69. The molecule has 48 nitrogen and oxygen atoms in total. The Hall–Kier alpha value is -2.82.